The Morgan fingerprint density at radius 1 is 1.36 bits per heavy atom. The highest BCUT2D eigenvalue weighted by atomic mass is 16.5. The molecule has 0 radical (unpaired) electrons. The van der Waals surface area contributed by atoms with Gasteiger partial charge in [0.25, 0.3) is 0 Å². The summed E-state index contributed by atoms with van der Waals surface area (Å²) in [6.07, 6.45) is 3.04. The lowest BCUT2D eigenvalue weighted by Gasteiger charge is -2.08. The van der Waals surface area contributed by atoms with Crippen molar-refractivity contribution in [1.29, 1.82) is 0 Å². The van der Waals surface area contributed by atoms with Gasteiger partial charge in [0.2, 0.25) is 0 Å². The van der Waals surface area contributed by atoms with Gasteiger partial charge in [0.05, 0.1) is 7.11 Å². The molecular weight excluding hydrogens is 278 g/mol. The van der Waals surface area contributed by atoms with Gasteiger partial charge >= 0.3 is 5.97 Å². The molecule has 0 bridgehead atoms. The Hall–Kier alpha value is -1.85. The highest BCUT2D eigenvalue weighted by Crippen LogP contribution is 2.32. The number of nitrogens with two attached hydrogens (primary N) is 1. The fraction of sp³-hybridized carbons (Fsp3) is 0.471. The van der Waals surface area contributed by atoms with Crippen LogP contribution in [0.2, 0.25) is 0 Å². The molecule has 3 rings (SSSR count). The fourth-order valence-corrected chi connectivity index (χ4v) is 3.31. The number of aromatic nitrogens is 1. The third-order valence-electron chi connectivity index (χ3n) is 4.37. The highest BCUT2D eigenvalue weighted by molar-refractivity contribution is 5.91. The zero-order valence-corrected chi connectivity index (χ0v) is 13.4. The molecule has 1 aliphatic rings. The Morgan fingerprint density at radius 2 is 2.05 bits per heavy atom. The van der Waals surface area contributed by atoms with Gasteiger partial charge < -0.3 is 15.0 Å². The van der Waals surface area contributed by atoms with Crippen molar-refractivity contribution in [2.24, 2.45) is 5.73 Å². The van der Waals surface area contributed by atoms with E-state index in [9.17, 15) is 4.79 Å². The lowest BCUT2D eigenvalue weighted by atomic mass is 10.0. The molecule has 0 amide bonds. The summed E-state index contributed by atoms with van der Waals surface area (Å²) < 4.78 is 7.01. The number of rotatable bonds is 4. The molecule has 22 heavy (non-hydrogen) atoms. The van der Waals surface area contributed by atoms with Crippen molar-refractivity contribution in [3.63, 3.8) is 0 Å². The van der Waals surface area contributed by atoms with Crippen molar-refractivity contribution in [1.82, 2.24) is 9.47 Å². The van der Waals surface area contributed by atoms with Crippen molar-refractivity contribution in [3.05, 3.63) is 35.0 Å². The van der Waals surface area contributed by atoms with E-state index in [1.165, 1.54) is 18.2 Å². The summed E-state index contributed by atoms with van der Waals surface area (Å²) in [5.74, 6) is -0.395. The number of aryl methyl sites for hydroxylation is 1. The second-order valence-electron chi connectivity index (χ2n) is 6.09. The maximum absolute atomic E-state index is 11.8. The molecule has 1 unspecified atom stereocenters. The Labute approximate surface area is 130 Å². The summed E-state index contributed by atoms with van der Waals surface area (Å²) in [4.78, 5) is 14.1. The van der Waals surface area contributed by atoms with E-state index in [0.717, 1.165) is 42.5 Å². The zero-order chi connectivity index (χ0) is 15.9. The number of fused-ring (bicyclic) bond motifs is 2. The first-order valence-corrected chi connectivity index (χ1v) is 7.71. The first-order valence-electron chi connectivity index (χ1n) is 7.71. The average Bonchev–Trinajstić information content (AvgIpc) is 3.03. The molecule has 118 valence electrons. The van der Waals surface area contributed by atoms with E-state index in [1.54, 1.807) is 0 Å². The summed E-state index contributed by atoms with van der Waals surface area (Å²) in [6.45, 7) is 4.98. The summed E-state index contributed by atoms with van der Waals surface area (Å²) in [5, 5.41) is 1.07. The molecule has 0 saturated heterocycles. The largest absolute Gasteiger partial charge is 0.468 e. The van der Waals surface area contributed by atoms with Crippen LogP contribution in [0.15, 0.2) is 18.3 Å². The van der Waals surface area contributed by atoms with Gasteiger partial charge in [-0.1, -0.05) is 6.92 Å². The minimum absolute atomic E-state index is 0.395. The second-order valence-corrected chi connectivity index (χ2v) is 6.09. The minimum Gasteiger partial charge on any atom is -0.468 e. The zero-order valence-electron chi connectivity index (χ0n) is 13.4. The van der Waals surface area contributed by atoms with Crippen LogP contribution in [-0.4, -0.2) is 29.6 Å². The molecule has 0 spiro atoms. The lowest BCUT2D eigenvalue weighted by Crippen LogP contribution is -2.22. The van der Waals surface area contributed by atoms with Crippen LogP contribution in [0, 0.1) is 0 Å². The van der Waals surface area contributed by atoms with Crippen molar-refractivity contribution in [2.45, 2.75) is 39.0 Å². The number of carbonyl (C=O) groups excluding carboxylic acids is 1. The molecule has 1 aromatic heterocycles. The van der Waals surface area contributed by atoms with Crippen molar-refractivity contribution < 1.29 is 9.53 Å². The van der Waals surface area contributed by atoms with Crippen LogP contribution in [-0.2, 0) is 29.2 Å². The van der Waals surface area contributed by atoms with Crippen LogP contribution < -0.4 is 5.73 Å². The van der Waals surface area contributed by atoms with Gasteiger partial charge in [0, 0.05) is 42.3 Å². The molecule has 1 aliphatic heterocycles. The minimum atomic E-state index is -0.734. The summed E-state index contributed by atoms with van der Waals surface area (Å²) in [5.41, 5.74) is 10.8. The normalized spacial score (nSPS) is 16.0. The number of hydrogen-bond donors (Lipinski definition) is 1. The average molecular weight is 301 g/mol. The summed E-state index contributed by atoms with van der Waals surface area (Å²) in [6, 6.07) is 3.71. The highest BCUT2D eigenvalue weighted by Gasteiger charge is 2.24. The van der Waals surface area contributed by atoms with Gasteiger partial charge in [-0.05, 0) is 36.7 Å². The lowest BCUT2D eigenvalue weighted by molar-refractivity contribution is -0.142. The van der Waals surface area contributed by atoms with Crippen LogP contribution in [0.25, 0.3) is 10.9 Å². The molecule has 0 saturated carbocycles. The molecule has 2 aromatic rings. The Balaban J connectivity index is 2.16. The third-order valence-corrected chi connectivity index (χ3v) is 4.37. The molecule has 0 aliphatic carbocycles. The monoisotopic (exact) mass is 301 g/mol. The Kier molecular flexibility index (Phi) is 3.93. The SMILES string of the molecule is CCCn1cc(C(N)C(=O)OC)c2cc3c(cc21)CN(C)C3. The van der Waals surface area contributed by atoms with Crippen LogP contribution in [0.3, 0.4) is 0 Å². The molecule has 2 heterocycles. The number of esters is 1. The van der Waals surface area contributed by atoms with E-state index in [-0.39, 0.29) is 0 Å². The van der Waals surface area contributed by atoms with Gasteiger partial charge in [0.15, 0.2) is 0 Å². The number of ether oxygens (including phenoxy) is 1. The molecule has 1 atom stereocenters. The Bertz CT molecular complexity index is 720. The third kappa shape index (κ3) is 2.40. The van der Waals surface area contributed by atoms with Gasteiger partial charge in [-0.2, -0.15) is 0 Å². The molecule has 5 nitrogen and oxygen atoms in total. The van der Waals surface area contributed by atoms with E-state index < -0.39 is 12.0 Å². The smallest absolute Gasteiger partial charge is 0.327 e. The van der Waals surface area contributed by atoms with E-state index in [4.69, 9.17) is 10.5 Å². The quantitative estimate of drug-likeness (QED) is 0.879. The van der Waals surface area contributed by atoms with E-state index in [2.05, 4.69) is 35.6 Å². The number of hydrogen-bond acceptors (Lipinski definition) is 4. The standard InChI is InChI=1S/C17H23N3O2/c1-4-5-20-10-14(16(18)17(21)22-3)13-6-11-8-19(2)9-12(11)7-15(13)20/h6-7,10,16H,4-5,8-9,18H2,1-3H3. The van der Waals surface area contributed by atoms with Crippen LogP contribution in [0.4, 0.5) is 0 Å². The van der Waals surface area contributed by atoms with Crippen molar-refractivity contribution in [3.8, 4) is 0 Å². The maximum Gasteiger partial charge on any atom is 0.327 e. The van der Waals surface area contributed by atoms with Gasteiger partial charge in [-0.3, -0.25) is 9.69 Å². The van der Waals surface area contributed by atoms with Crippen molar-refractivity contribution >= 4 is 16.9 Å². The van der Waals surface area contributed by atoms with Crippen LogP contribution in [0.5, 0.6) is 0 Å². The molecule has 5 heteroatoms. The summed E-state index contributed by atoms with van der Waals surface area (Å²) >= 11 is 0. The van der Waals surface area contributed by atoms with Crippen LogP contribution >= 0.6 is 0 Å². The fourth-order valence-electron chi connectivity index (χ4n) is 3.31. The maximum atomic E-state index is 11.8. The molecule has 2 N–H and O–H groups in total. The number of methoxy groups -OCH3 is 1. The van der Waals surface area contributed by atoms with E-state index in [1.807, 2.05) is 6.20 Å². The predicted molar refractivity (Wildman–Crippen MR) is 86.3 cm³/mol. The van der Waals surface area contributed by atoms with Crippen molar-refractivity contribution in [2.75, 3.05) is 14.2 Å². The van der Waals surface area contributed by atoms with Gasteiger partial charge in [-0.15, -0.1) is 0 Å². The topological polar surface area (TPSA) is 60.5 Å². The first-order chi connectivity index (χ1) is 10.5. The van der Waals surface area contributed by atoms with E-state index in [0.29, 0.717) is 0 Å². The molecule has 0 fully saturated rings. The summed E-state index contributed by atoms with van der Waals surface area (Å²) in [7, 11) is 3.49. The Morgan fingerprint density at radius 3 is 2.68 bits per heavy atom. The number of carbonyl (C=O) groups is 1. The predicted octanol–water partition coefficient (Wildman–Crippen LogP) is 2.17. The second kappa shape index (κ2) is 5.74. The molecular formula is C17H23N3O2. The van der Waals surface area contributed by atoms with Gasteiger partial charge in [0.1, 0.15) is 6.04 Å². The molecule has 1 aromatic carbocycles. The number of benzene rings is 1. The first kappa shape index (κ1) is 15.1. The number of nitrogens with zero attached hydrogens (tertiary/aromatic N) is 2. The van der Waals surface area contributed by atoms with Crippen LogP contribution in [0.1, 0.15) is 36.1 Å². The van der Waals surface area contributed by atoms with E-state index >= 15 is 0 Å². The van der Waals surface area contributed by atoms with Gasteiger partial charge in [-0.25, -0.2) is 0 Å².